The fourth-order valence-electron chi connectivity index (χ4n) is 3.13. The Balaban J connectivity index is 1.94. The summed E-state index contributed by atoms with van der Waals surface area (Å²) < 4.78 is 81.0. The van der Waals surface area contributed by atoms with Crippen molar-refractivity contribution in [3.63, 3.8) is 0 Å². The largest absolute Gasteiger partial charge is 0.419 e. The SMILES string of the molecule is Cc1c(F)c(NC(=O)C(C)N2C(=O)c3ccccc3C2=O)c(F)c(F)c1C(F)(F)F. The molecule has 5 nitrogen and oxygen atoms in total. The molecule has 0 aliphatic carbocycles. The highest BCUT2D eigenvalue weighted by Crippen LogP contribution is 2.39. The van der Waals surface area contributed by atoms with Crippen LogP contribution in [0.4, 0.5) is 32.0 Å². The van der Waals surface area contributed by atoms with Crippen LogP contribution in [0.3, 0.4) is 0 Å². The number of benzene rings is 2. The summed E-state index contributed by atoms with van der Waals surface area (Å²) in [5.41, 5.74) is -4.83. The second kappa shape index (κ2) is 7.15. The maximum absolute atomic E-state index is 14.3. The van der Waals surface area contributed by atoms with Gasteiger partial charge in [0.25, 0.3) is 11.8 Å². The van der Waals surface area contributed by atoms with E-state index in [1.165, 1.54) is 24.3 Å². The number of amides is 3. The van der Waals surface area contributed by atoms with Crippen molar-refractivity contribution in [2.24, 2.45) is 0 Å². The minimum Gasteiger partial charge on any atom is -0.319 e. The van der Waals surface area contributed by atoms with E-state index in [4.69, 9.17) is 0 Å². The molecule has 1 atom stereocenters. The molecule has 3 amide bonds. The number of nitrogens with one attached hydrogen (secondary N) is 1. The third-order valence-electron chi connectivity index (χ3n) is 4.68. The molecule has 2 aromatic rings. The van der Waals surface area contributed by atoms with E-state index in [9.17, 15) is 40.7 Å². The van der Waals surface area contributed by atoms with Crippen molar-refractivity contribution in [2.75, 3.05) is 5.32 Å². The minimum atomic E-state index is -5.37. The van der Waals surface area contributed by atoms with Gasteiger partial charge in [-0.1, -0.05) is 12.1 Å². The van der Waals surface area contributed by atoms with Crippen LogP contribution in [0.15, 0.2) is 24.3 Å². The average Bonchev–Trinajstić information content (AvgIpc) is 2.93. The Morgan fingerprint density at radius 1 is 0.967 bits per heavy atom. The highest BCUT2D eigenvalue weighted by Gasteiger charge is 2.43. The molecule has 1 unspecified atom stereocenters. The molecule has 1 heterocycles. The zero-order valence-electron chi connectivity index (χ0n) is 15.3. The van der Waals surface area contributed by atoms with Gasteiger partial charge in [-0.2, -0.15) is 13.2 Å². The Bertz CT molecular complexity index is 1030. The molecule has 0 radical (unpaired) electrons. The summed E-state index contributed by atoms with van der Waals surface area (Å²) in [6, 6.07) is 4.05. The molecule has 158 valence electrons. The van der Waals surface area contributed by atoms with Crippen LogP contribution >= 0.6 is 0 Å². The van der Waals surface area contributed by atoms with Crippen molar-refractivity contribution in [1.29, 1.82) is 0 Å². The summed E-state index contributed by atoms with van der Waals surface area (Å²) >= 11 is 0. The fraction of sp³-hybridized carbons (Fsp3) is 0.211. The number of anilines is 1. The van der Waals surface area contributed by atoms with Crippen LogP contribution in [-0.2, 0) is 11.0 Å². The van der Waals surface area contributed by atoms with E-state index in [0.717, 1.165) is 6.92 Å². The van der Waals surface area contributed by atoms with Gasteiger partial charge in [0.05, 0.1) is 11.1 Å². The molecule has 1 aliphatic heterocycles. The second-order valence-electron chi connectivity index (χ2n) is 6.51. The Hall–Kier alpha value is -3.37. The predicted molar refractivity (Wildman–Crippen MR) is 91.1 cm³/mol. The zero-order chi connectivity index (χ0) is 22.5. The minimum absolute atomic E-state index is 0.0101. The highest BCUT2D eigenvalue weighted by atomic mass is 19.4. The molecule has 0 saturated carbocycles. The summed E-state index contributed by atoms with van der Waals surface area (Å²) in [4.78, 5) is 37.7. The normalized spacial score (nSPS) is 14.7. The maximum atomic E-state index is 14.3. The summed E-state index contributed by atoms with van der Waals surface area (Å²) in [5.74, 6) is -9.45. The summed E-state index contributed by atoms with van der Waals surface area (Å²) in [7, 11) is 0. The lowest BCUT2D eigenvalue weighted by molar-refractivity contribution is -0.141. The van der Waals surface area contributed by atoms with Crippen LogP contribution in [0.1, 0.15) is 38.8 Å². The molecule has 0 spiro atoms. The zero-order valence-corrected chi connectivity index (χ0v) is 15.3. The molecule has 0 saturated heterocycles. The Kier molecular flexibility index (Phi) is 5.09. The van der Waals surface area contributed by atoms with Gasteiger partial charge in [0.1, 0.15) is 17.3 Å². The first kappa shape index (κ1) is 21.3. The van der Waals surface area contributed by atoms with Gasteiger partial charge < -0.3 is 5.32 Å². The number of nitrogens with zero attached hydrogens (tertiary/aromatic N) is 1. The number of rotatable bonds is 3. The average molecular weight is 430 g/mol. The standard InChI is InChI=1S/C19H12F6N2O3/c1-7-11(19(23,24)25)13(21)14(22)15(12(7)20)26-16(28)8(2)27-17(29)9-5-3-4-6-10(9)18(27)30/h3-6,8H,1-2H3,(H,26,28). The van der Waals surface area contributed by atoms with E-state index in [0.29, 0.717) is 11.8 Å². The summed E-state index contributed by atoms with van der Waals surface area (Å²) in [6.07, 6.45) is -5.37. The molecule has 1 N–H and O–H groups in total. The molecule has 0 aromatic heterocycles. The molecule has 2 aromatic carbocycles. The first-order valence-corrected chi connectivity index (χ1v) is 8.40. The Morgan fingerprint density at radius 2 is 1.47 bits per heavy atom. The topological polar surface area (TPSA) is 66.5 Å². The van der Waals surface area contributed by atoms with Crippen molar-refractivity contribution in [3.8, 4) is 0 Å². The van der Waals surface area contributed by atoms with E-state index < -0.39 is 64.2 Å². The smallest absolute Gasteiger partial charge is 0.319 e. The van der Waals surface area contributed by atoms with Crippen LogP contribution in [-0.4, -0.2) is 28.7 Å². The molecular weight excluding hydrogens is 418 g/mol. The number of imide groups is 1. The van der Waals surface area contributed by atoms with E-state index in [1.807, 2.05) is 0 Å². The van der Waals surface area contributed by atoms with Crippen LogP contribution in [0.2, 0.25) is 0 Å². The summed E-state index contributed by atoms with van der Waals surface area (Å²) in [5, 5.41) is 1.64. The number of alkyl halides is 3. The molecule has 0 fully saturated rings. The number of halogens is 6. The lowest BCUT2D eigenvalue weighted by Crippen LogP contribution is -2.45. The monoisotopic (exact) mass is 430 g/mol. The first-order valence-electron chi connectivity index (χ1n) is 8.40. The second-order valence-corrected chi connectivity index (χ2v) is 6.51. The van der Waals surface area contributed by atoms with Crippen molar-refractivity contribution >= 4 is 23.4 Å². The molecule has 0 bridgehead atoms. The van der Waals surface area contributed by atoms with Gasteiger partial charge in [-0.15, -0.1) is 0 Å². The van der Waals surface area contributed by atoms with Crippen molar-refractivity contribution in [1.82, 2.24) is 4.90 Å². The van der Waals surface area contributed by atoms with Crippen LogP contribution in [0.5, 0.6) is 0 Å². The Morgan fingerprint density at radius 3 is 1.93 bits per heavy atom. The molecule has 3 rings (SSSR count). The predicted octanol–water partition coefficient (Wildman–Crippen LogP) is 4.05. The van der Waals surface area contributed by atoms with E-state index in [2.05, 4.69) is 0 Å². The number of carbonyl (C=O) groups is 3. The van der Waals surface area contributed by atoms with Gasteiger partial charge in [0.15, 0.2) is 17.5 Å². The number of carbonyl (C=O) groups excluding carboxylic acids is 3. The van der Waals surface area contributed by atoms with Crippen LogP contribution < -0.4 is 5.32 Å². The van der Waals surface area contributed by atoms with Crippen molar-refractivity contribution in [2.45, 2.75) is 26.1 Å². The molecule has 11 heteroatoms. The quantitative estimate of drug-likeness (QED) is 0.454. The third kappa shape index (κ3) is 3.19. The van der Waals surface area contributed by atoms with Gasteiger partial charge in [0.2, 0.25) is 5.91 Å². The number of fused-ring (bicyclic) bond motifs is 1. The van der Waals surface area contributed by atoms with E-state index >= 15 is 0 Å². The number of hydrogen-bond acceptors (Lipinski definition) is 3. The van der Waals surface area contributed by atoms with Crippen LogP contribution in [0.25, 0.3) is 0 Å². The Labute approximate surface area is 165 Å². The number of hydrogen-bond donors (Lipinski definition) is 1. The van der Waals surface area contributed by atoms with Crippen molar-refractivity contribution < 1.29 is 40.7 Å². The highest BCUT2D eigenvalue weighted by molar-refractivity contribution is 6.23. The van der Waals surface area contributed by atoms with Crippen LogP contribution in [0, 0.1) is 24.4 Å². The first-order chi connectivity index (χ1) is 13.9. The lowest BCUT2D eigenvalue weighted by atomic mass is 10.0. The van der Waals surface area contributed by atoms with E-state index in [1.54, 1.807) is 5.32 Å². The lowest BCUT2D eigenvalue weighted by Gasteiger charge is -2.23. The maximum Gasteiger partial charge on any atom is 0.419 e. The van der Waals surface area contributed by atoms with Crippen molar-refractivity contribution in [3.05, 3.63) is 64.0 Å². The van der Waals surface area contributed by atoms with Gasteiger partial charge in [-0.3, -0.25) is 19.3 Å². The molecule has 30 heavy (non-hydrogen) atoms. The third-order valence-corrected chi connectivity index (χ3v) is 4.68. The summed E-state index contributed by atoms with van der Waals surface area (Å²) in [6.45, 7) is 1.64. The molecule has 1 aliphatic rings. The molecular formula is C19H12F6N2O3. The fourth-order valence-corrected chi connectivity index (χ4v) is 3.13. The van der Waals surface area contributed by atoms with Gasteiger partial charge in [0, 0.05) is 5.56 Å². The van der Waals surface area contributed by atoms with Gasteiger partial charge in [-0.25, -0.2) is 13.2 Å². The van der Waals surface area contributed by atoms with Gasteiger partial charge >= 0.3 is 6.18 Å². The van der Waals surface area contributed by atoms with E-state index in [-0.39, 0.29) is 11.1 Å². The van der Waals surface area contributed by atoms with Gasteiger partial charge in [-0.05, 0) is 26.0 Å².